The molecule has 2 aromatic carbocycles. The number of carbonyl (C=O) groups is 3. The molecule has 10 nitrogen and oxygen atoms in total. The molecule has 0 aliphatic heterocycles. The van der Waals surface area contributed by atoms with Crippen molar-refractivity contribution >= 4 is 29.4 Å². The Hall–Kier alpha value is -4.08. The third-order valence-electron chi connectivity index (χ3n) is 7.31. The van der Waals surface area contributed by atoms with Crippen molar-refractivity contribution < 1.29 is 14.4 Å². The predicted molar refractivity (Wildman–Crippen MR) is 145 cm³/mol. The van der Waals surface area contributed by atoms with Gasteiger partial charge in [-0.05, 0) is 91.1 Å². The molecule has 38 heavy (non-hydrogen) atoms. The van der Waals surface area contributed by atoms with Crippen molar-refractivity contribution in [2.75, 3.05) is 10.6 Å². The second kappa shape index (κ2) is 11.5. The summed E-state index contributed by atoms with van der Waals surface area (Å²) in [5.41, 5.74) is 2.85. The van der Waals surface area contributed by atoms with Crippen LogP contribution < -0.4 is 10.6 Å². The van der Waals surface area contributed by atoms with Crippen LogP contribution >= 0.6 is 0 Å². The third-order valence-corrected chi connectivity index (χ3v) is 7.31. The van der Waals surface area contributed by atoms with Gasteiger partial charge in [0.1, 0.15) is 0 Å². The SMILES string of the molecule is CC(=O)c1ccc(NC(=O)N(Cc2ccc(C(=O)Nc3nn[nH]n3)cc2)C2CCC(C(C)(C)C)CC2)cc1. The summed E-state index contributed by atoms with van der Waals surface area (Å²) in [6.45, 7) is 8.77. The minimum atomic E-state index is -0.345. The molecule has 1 fully saturated rings. The summed E-state index contributed by atoms with van der Waals surface area (Å²) < 4.78 is 0. The van der Waals surface area contributed by atoms with Gasteiger partial charge in [0, 0.05) is 29.4 Å². The molecular weight excluding hydrogens is 482 g/mol. The van der Waals surface area contributed by atoms with E-state index >= 15 is 0 Å². The Bertz CT molecular complexity index is 1240. The number of aromatic amines is 1. The number of anilines is 2. The molecule has 1 saturated carbocycles. The summed E-state index contributed by atoms with van der Waals surface area (Å²) in [6, 6.07) is 14.0. The van der Waals surface area contributed by atoms with E-state index in [1.165, 1.54) is 6.92 Å². The van der Waals surface area contributed by atoms with Crippen LogP contribution in [0.4, 0.5) is 16.4 Å². The van der Waals surface area contributed by atoms with Gasteiger partial charge in [-0.3, -0.25) is 14.9 Å². The molecular formula is C28H35N7O3. The van der Waals surface area contributed by atoms with Crippen LogP contribution in [0.1, 0.15) is 79.7 Å². The highest BCUT2D eigenvalue weighted by molar-refractivity contribution is 6.03. The van der Waals surface area contributed by atoms with Gasteiger partial charge in [0.15, 0.2) is 5.78 Å². The second-order valence-electron chi connectivity index (χ2n) is 10.9. The summed E-state index contributed by atoms with van der Waals surface area (Å²) in [6.07, 6.45) is 4.01. The molecule has 3 N–H and O–H groups in total. The number of hydrogen-bond acceptors (Lipinski definition) is 6. The summed E-state index contributed by atoms with van der Waals surface area (Å²) in [7, 11) is 0. The van der Waals surface area contributed by atoms with Crippen LogP contribution in [0.25, 0.3) is 0 Å². The van der Waals surface area contributed by atoms with Crippen LogP contribution in [0.2, 0.25) is 0 Å². The van der Waals surface area contributed by atoms with E-state index in [9.17, 15) is 14.4 Å². The molecule has 0 spiro atoms. The number of hydrogen-bond donors (Lipinski definition) is 3. The van der Waals surface area contributed by atoms with Crippen LogP contribution in [0, 0.1) is 11.3 Å². The van der Waals surface area contributed by atoms with Gasteiger partial charge >= 0.3 is 6.03 Å². The number of amides is 3. The van der Waals surface area contributed by atoms with Gasteiger partial charge in [0.25, 0.3) is 11.9 Å². The molecule has 3 aromatic rings. The molecule has 1 heterocycles. The van der Waals surface area contributed by atoms with Crippen LogP contribution in [0.3, 0.4) is 0 Å². The molecule has 10 heteroatoms. The Labute approximate surface area is 222 Å². The molecule has 1 aliphatic carbocycles. The Morgan fingerprint density at radius 2 is 1.55 bits per heavy atom. The molecule has 3 amide bonds. The van der Waals surface area contributed by atoms with Gasteiger partial charge in [-0.2, -0.15) is 5.21 Å². The van der Waals surface area contributed by atoms with E-state index in [0.29, 0.717) is 29.3 Å². The maximum atomic E-state index is 13.5. The van der Waals surface area contributed by atoms with Gasteiger partial charge in [-0.1, -0.05) is 38.0 Å². The van der Waals surface area contributed by atoms with Crippen molar-refractivity contribution in [3.05, 3.63) is 65.2 Å². The predicted octanol–water partition coefficient (Wildman–Crippen LogP) is 5.29. The number of H-pyrrole nitrogens is 1. The number of Topliss-reactive ketones (excluding diaryl/α,β-unsaturated/α-hetero) is 1. The standard InChI is InChI=1S/C28H35N7O3/c1-18(36)20-9-13-23(14-10-20)29-27(38)35(24-15-11-22(12-16-24)28(2,3)4)17-19-5-7-21(8-6-19)25(37)30-26-31-33-34-32-26/h5-10,13-14,22,24H,11-12,15-17H2,1-4H3,(H,29,38)(H2,30,31,32,33,34,37). The molecule has 0 unspecified atom stereocenters. The van der Waals surface area contributed by atoms with E-state index in [4.69, 9.17) is 0 Å². The normalized spacial score (nSPS) is 17.5. The second-order valence-corrected chi connectivity index (χ2v) is 10.9. The van der Waals surface area contributed by atoms with E-state index < -0.39 is 0 Å². The van der Waals surface area contributed by atoms with Crippen LogP contribution in [-0.2, 0) is 6.54 Å². The van der Waals surface area contributed by atoms with Gasteiger partial charge in [-0.15, -0.1) is 5.10 Å². The van der Waals surface area contributed by atoms with Gasteiger partial charge in [0.2, 0.25) is 0 Å². The van der Waals surface area contributed by atoms with E-state index in [1.54, 1.807) is 36.4 Å². The minimum Gasteiger partial charge on any atom is -0.317 e. The van der Waals surface area contributed by atoms with E-state index in [0.717, 1.165) is 31.2 Å². The molecule has 0 bridgehead atoms. The van der Waals surface area contributed by atoms with Crippen molar-refractivity contribution in [3.8, 4) is 0 Å². The molecule has 0 radical (unpaired) electrons. The molecule has 200 valence electrons. The summed E-state index contributed by atoms with van der Waals surface area (Å²) in [5, 5.41) is 18.8. The van der Waals surface area contributed by atoms with Crippen molar-refractivity contribution in [1.82, 2.24) is 25.5 Å². The zero-order valence-corrected chi connectivity index (χ0v) is 22.3. The molecule has 4 rings (SSSR count). The number of carbonyl (C=O) groups excluding carboxylic acids is 3. The Morgan fingerprint density at radius 3 is 2.11 bits per heavy atom. The number of nitrogens with one attached hydrogen (secondary N) is 3. The van der Waals surface area contributed by atoms with E-state index in [2.05, 4.69) is 52.0 Å². The first-order chi connectivity index (χ1) is 18.1. The van der Waals surface area contributed by atoms with Gasteiger partial charge < -0.3 is 10.2 Å². The highest BCUT2D eigenvalue weighted by Gasteiger charge is 2.33. The van der Waals surface area contributed by atoms with E-state index in [1.807, 2.05) is 17.0 Å². The van der Waals surface area contributed by atoms with Crippen molar-refractivity contribution in [2.45, 2.75) is 66.0 Å². The van der Waals surface area contributed by atoms with Crippen molar-refractivity contribution in [3.63, 3.8) is 0 Å². The van der Waals surface area contributed by atoms with Gasteiger partial charge in [-0.25, -0.2) is 4.79 Å². The Kier molecular flexibility index (Phi) is 8.19. The maximum Gasteiger partial charge on any atom is 0.322 e. The number of benzene rings is 2. The lowest BCUT2D eigenvalue weighted by atomic mass is 9.71. The quantitative estimate of drug-likeness (QED) is 0.365. The first kappa shape index (κ1) is 27.0. The molecule has 1 aliphatic rings. The summed E-state index contributed by atoms with van der Waals surface area (Å²) in [5.74, 6) is 0.362. The fraction of sp³-hybridized carbons (Fsp3) is 0.429. The monoisotopic (exact) mass is 517 g/mol. The molecule has 0 saturated heterocycles. The lowest BCUT2D eigenvalue weighted by molar-refractivity contribution is 0.101. The third kappa shape index (κ3) is 6.81. The highest BCUT2D eigenvalue weighted by atomic mass is 16.2. The summed E-state index contributed by atoms with van der Waals surface area (Å²) in [4.78, 5) is 39.5. The average Bonchev–Trinajstić information content (AvgIpc) is 3.40. The molecule has 0 atom stereocenters. The van der Waals surface area contributed by atoms with Crippen LogP contribution in [0.5, 0.6) is 0 Å². The van der Waals surface area contributed by atoms with E-state index in [-0.39, 0.29) is 35.1 Å². The fourth-order valence-corrected chi connectivity index (χ4v) is 4.95. The minimum absolute atomic E-state index is 0.0190. The first-order valence-electron chi connectivity index (χ1n) is 12.9. The zero-order valence-electron chi connectivity index (χ0n) is 22.3. The van der Waals surface area contributed by atoms with Crippen molar-refractivity contribution in [1.29, 1.82) is 0 Å². The van der Waals surface area contributed by atoms with Gasteiger partial charge in [0.05, 0.1) is 0 Å². The maximum absolute atomic E-state index is 13.5. The number of tetrazole rings is 1. The summed E-state index contributed by atoms with van der Waals surface area (Å²) >= 11 is 0. The van der Waals surface area contributed by atoms with Crippen LogP contribution in [0.15, 0.2) is 48.5 Å². The number of urea groups is 1. The fourth-order valence-electron chi connectivity index (χ4n) is 4.95. The average molecular weight is 518 g/mol. The zero-order chi connectivity index (χ0) is 27.3. The number of aromatic nitrogens is 4. The lowest BCUT2D eigenvalue weighted by Crippen LogP contribution is -2.45. The van der Waals surface area contributed by atoms with Crippen molar-refractivity contribution in [2.24, 2.45) is 11.3 Å². The Morgan fingerprint density at radius 1 is 0.921 bits per heavy atom. The van der Waals surface area contributed by atoms with Crippen LogP contribution in [-0.4, -0.2) is 49.3 Å². The lowest BCUT2D eigenvalue weighted by Gasteiger charge is -2.41. The smallest absolute Gasteiger partial charge is 0.317 e. The number of rotatable bonds is 7. The number of ketones is 1. The topological polar surface area (TPSA) is 133 Å². The highest BCUT2D eigenvalue weighted by Crippen LogP contribution is 2.39. The number of nitrogens with zero attached hydrogens (tertiary/aromatic N) is 4. The Balaban J connectivity index is 1.48. The molecule has 1 aromatic heterocycles. The first-order valence-corrected chi connectivity index (χ1v) is 12.9. The largest absolute Gasteiger partial charge is 0.322 e.